The number of fused-ring (bicyclic) bond motifs is 10. The van der Waals surface area contributed by atoms with Crippen molar-refractivity contribution in [3.63, 3.8) is 0 Å². The smallest absolute Gasteiger partial charge is 0.238 e. The zero-order chi connectivity index (χ0) is 65.3. The molecule has 6 nitrogen and oxygen atoms in total. The quantitative estimate of drug-likeness (QED) is 0.176. The second-order valence-corrected chi connectivity index (χ2v) is 12.1. The van der Waals surface area contributed by atoms with Crippen molar-refractivity contribution in [2.75, 3.05) is 0 Å². The van der Waals surface area contributed by atoms with Gasteiger partial charge in [0.15, 0.2) is 11.6 Å². The van der Waals surface area contributed by atoms with Crippen LogP contribution in [0.2, 0.25) is 0 Å². The number of nitrogens with zero attached hydrogens (tertiary/aromatic N) is 6. The Hall–Kier alpha value is -7.83. The minimum atomic E-state index is -1.06. The monoisotopic (exact) mass is 760 g/mol. The molecule has 0 fully saturated rings. The number of rotatable bonds is 5. The van der Waals surface area contributed by atoms with E-state index in [4.69, 9.17) is 31.5 Å². The maximum atomic E-state index is 10.1. The first-order valence-electron chi connectivity index (χ1n) is 32.6. The molecule has 0 amide bonds. The molecule has 12 aromatic rings. The van der Waals surface area contributed by atoms with Gasteiger partial charge < -0.3 is 9.13 Å². The van der Waals surface area contributed by atoms with Gasteiger partial charge in [-0.15, -0.1) is 0 Å². The SMILES string of the molecule is [2H]c1c([2H])c([2H])c(-c2nc(-c3c([2H])c([2H])c4c5c([2H])c([2H])c([2H])c([2H])c5n(-c5c([2H])c([2H])c([2H])c([2H])c5[2H])c4c3[2H])nc(-n3c4c([2H])c([2H])c([2H])c([2H])c4c4c5c6c([2H])c([2H])c([2H])c([2H])c6n(-c6c([2H])c([2H])c([2H])c([2H])c6[2H])c5c([2H])c([2H])c43)n2)c([2H])c1[2H]. The fourth-order valence-electron chi connectivity index (χ4n) is 6.87. The summed E-state index contributed by atoms with van der Waals surface area (Å²) in [6, 6.07) is -30.6. The molecule has 6 heteroatoms. The second kappa shape index (κ2) is 12.3. The van der Waals surface area contributed by atoms with Crippen LogP contribution in [0.3, 0.4) is 0 Å². The van der Waals surface area contributed by atoms with E-state index in [-0.39, 0.29) is 0 Å². The third-order valence-corrected chi connectivity index (χ3v) is 9.10. The molecule has 0 atom stereocenters. The van der Waals surface area contributed by atoms with Gasteiger partial charge in [-0.05, 0) is 60.4 Å². The summed E-state index contributed by atoms with van der Waals surface area (Å²) in [6.45, 7) is 0. The molecule has 0 saturated heterocycles. The summed E-state index contributed by atoms with van der Waals surface area (Å²) in [7, 11) is 0. The minimum Gasteiger partial charge on any atom is -0.309 e. The Morgan fingerprint density at radius 2 is 0.754 bits per heavy atom. The van der Waals surface area contributed by atoms with Crippen molar-refractivity contribution in [1.82, 2.24) is 28.7 Å². The molecule has 8 aromatic carbocycles. The van der Waals surface area contributed by atoms with Crippen molar-refractivity contribution < 1.29 is 43.9 Å². The maximum absolute atomic E-state index is 10.1. The molecule has 0 N–H and O–H groups in total. The van der Waals surface area contributed by atoms with Crippen LogP contribution in [0.4, 0.5) is 0 Å². The zero-order valence-corrected chi connectivity index (χ0v) is 28.2. The number of benzene rings is 8. The zero-order valence-electron chi connectivity index (χ0n) is 60.2. The van der Waals surface area contributed by atoms with E-state index in [1.807, 2.05) is 0 Å². The number of aromatic nitrogens is 6. The molecule has 0 aliphatic carbocycles. The van der Waals surface area contributed by atoms with Crippen molar-refractivity contribution in [1.29, 1.82) is 0 Å². The van der Waals surface area contributed by atoms with Crippen molar-refractivity contribution in [3.05, 3.63) is 193 Å². The van der Waals surface area contributed by atoms with Crippen molar-refractivity contribution in [2.24, 2.45) is 0 Å². The van der Waals surface area contributed by atoms with Crippen molar-refractivity contribution >= 4 is 65.4 Å². The van der Waals surface area contributed by atoms with E-state index in [0.29, 0.717) is 9.13 Å². The lowest BCUT2D eigenvalue weighted by Gasteiger charge is -2.12. The molecular formula is C51H32N6. The van der Waals surface area contributed by atoms with Gasteiger partial charge in [-0.3, -0.25) is 4.57 Å². The third-order valence-electron chi connectivity index (χ3n) is 9.10. The number of para-hydroxylation sites is 5. The highest BCUT2D eigenvalue weighted by atomic mass is 15.2. The van der Waals surface area contributed by atoms with Gasteiger partial charge >= 0.3 is 0 Å². The van der Waals surface area contributed by atoms with Crippen molar-refractivity contribution in [2.45, 2.75) is 0 Å². The lowest BCUT2D eigenvalue weighted by Crippen LogP contribution is -2.06. The summed E-state index contributed by atoms with van der Waals surface area (Å²) in [6.07, 6.45) is 0. The van der Waals surface area contributed by atoms with Gasteiger partial charge in [0.1, 0.15) is 0 Å². The van der Waals surface area contributed by atoms with E-state index in [2.05, 4.69) is 15.0 Å². The van der Waals surface area contributed by atoms with Crippen LogP contribution >= 0.6 is 0 Å². The minimum absolute atomic E-state index is 0.537. The topological polar surface area (TPSA) is 53.5 Å². The highest BCUT2D eigenvalue weighted by Gasteiger charge is 2.23. The third kappa shape index (κ3) is 4.74. The lowest BCUT2D eigenvalue weighted by molar-refractivity contribution is 0.953. The van der Waals surface area contributed by atoms with Gasteiger partial charge in [0.05, 0.1) is 77.0 Å². The van der Waals surface area contributed by atoms with Gasteiger partial charge in [0.2, 0.25) is 5.95 Å². The molecule has 0 aliphatic rings. The summed E-state index contributed by atoms with van der Waals surface area (Å²) >= 11 is 0. The molecular weight excluding hydrogens is 697 g/mol. The van der Waals surface area contributed by atoms with Crippen LogP contribution < -0.4 is 0 Å². The molecule has 4 heterocycles. The second-order valence-electron chi connectivity index (χ2n) is 12.1. The molecule has 4 aromatic heterocycles. The van der Waals surface area contributed by atoms with Crippen LogP contribution in [0.15, 0.2) is 193 Å². The molecule has 0 radical (unpaired) electrons. The Morgan fingerprint density at radius 3 is 1.37 bits per heavy atom. The molecule has 12 rings (SSSR count). The maximum Gasteiger partial charge on any atom is 0.238 e. The fraction of sp³-hybridized carbons (Fsp3) is 0. The van der Waals surface area contributed by atoms with Gasteiger partial charge in [0, 0.05) is 54.8 Å². The van der Waals surface area contributed by atoms with Crippen LogP contribution in [0, 0.1) is 0 Å². The lowest BCUT2D eigenvalue weighted by atomic mass is 10.1. The summed E-state index contributed by atoms with van der Waals surface area (Å²) in [5.74, 6) is -2.96. The van der Waals surface area contributed by atoms with Gasteiger partial charge in [-0.2, -0.15) is 9.97 Å². The Balaban J connectivity index is 1.35. The first-order chi connectivity index (χ1) is 41.6. The largest absolute Gasteiger partial charge is 0.309 e. The average molecular weight is 761 g/mol. The predicted molar refractivity (Wildman–Crippen MR) is 234 cm³/mol. The predicted octanol–water partition coefficient (Wildman–Crippen LogP) is 12.5. The summed E-state index contributed by atoms with van der Waals surface area (Å²) in [5, 5.41) is -3.47. The highest BCUT2D eigenvalue weighted by Crippen LogP contribution is 2.42. The van der Waals surface area contributed by atoms with E-state index in [1.54, 1.807) is 0 Å². The molecule has 0 unspecified atom stereocenters. The molecule has 0 saturated carbocycles. The summed E-state index contributed by atoms with van der Waals surface area (Å²) in [5.41, 5.74) is -7.47. The van der Waals surface area contributed by atoms with Crippen LogP contribution in [0.1, 0.15) is 43.9 Å². The van der Waals surface area contributed by atoms with E-state index in [0.717, 1.165) is 4.57 Å². The normalized spacial score (nSPS) is 19.7. The van der Waals surface area contributed by atoms with Gasteiger partial charge in [-0.1, -0.05) is 133 Å². The number of hydrogen-bond acceptors (Lipinski definition) is 3. The highest BCUT2D eigenvalue weighted by molar-refractivity contribution is 6.28. The van der Waals surface area contributed by atoms with E-state index >= 15 is 0 Å². The van der Waals surface area contributed by atoms with Crippen LogP contribution in [0.25, 0.3) is 106 Å². The van der Waals surface area contributed by atoms with E-state index in [9.17, 15) is 12.3 Å². The average Bonchev–Trinajstić information content (AvgIpc) is 1.52. The summed E-state index contributed by atoms with van der Waals surface area (Å²) < 4.78 is 291. The molecule has 57 heavy (non-hydrogen) atoms. The Bertz CT molecular complexity index is 5330. The standard InChI is InChI=1S/C51H32N6/c1-4-16-33(17-5-1)49-52-50(34-28-29-38-37-22-10-13-25-41(37)56(46(38)32-34)36-20-8-3-9-21-36)54-51(53-49)57-43-27-15-12-24-40(43)48-45(57)31-30-44-47(48)39-23-11-14-26-42(39)55(44)35-18-6-2-7-19-35/h1-32H/i1D,2D,3D,4D,5D,6D,7D,8D,9D,10D,11D,12D,13D,14D,15D,16D,17D,18D,19D,20D,21D,22D,23D,24D,25D,26D,27D,28D,29D,30D,31D,32D. The van der Waals surface area contributed by atoms with E-state index in [1.165, 1.54) is 0 Å². The Kier molecular flexibility index (Phi) is 2.91. The van der Waals surface area contributed by atoms with Gasteiger partial charge in [-0.25, -0.2) is 4.98 Å². The fourth-order valence-corrected chi connectivity index (χ4v) is 6.87. The summed E-state index contributed by atoms with van der Waals surface area (Å²) in [4.78, 5) is 13.5. The molecule has 0 aliphatic heterocycles. The van der Waals surface area contributed by atoms with Crippen LogP contribution in [-0.2, 0) is 0 Å². The number of hydrogen-bond donors (Lipinski definition) is 0. The molecule has 266 valence electrons. The molecule has 0 bridgehead atoms. The molecule has 0 spiro atoms. The van der Waals surface area contributed by atoms with Crippen LogP contribution in [0.5, 0.6) is 0 Å². The van der Waals surface area contributed by atoms with Crippen molar-refractivity contribution in [3.8, 4) is 40.1 Å². The van der Waals surface area contributed by atoms with E-state index < -0.39 is 299 Å². The Morgan fingerprint density at radius 1 is 0.316 bits per heavy atom. The Labute approximate surface area is 372 Å². The first-order valence-corrected chi connectivity index (χ1v) is 16.6. The van der Waals surface area contributed by atoms with Crippen LogP contribution in [-0.4, -0.2) is 28.7 Å². The first kappa shape index (κ1) is 13.4. The van der Waals surface area contributed by atoms with Gasteiger partial charge in [0.25, 0.3) is 0 Å².